The molecule has 1 aliphatic heterocycles. The average Bonchev–Trinajstić information content (AvgIpc) is 3.24. The standard InChI is InChI=1S/C19H19ClN4O2/c1-12-6-5-9-24(12)18(25)15-10-23-11-16(13-7-3-4-8-14(13)20)22(2)19(26)17(23)21-15/h3-4,7-8,10-12H,5-6,9H2,1-2H3/t12-/m1/s1. The number of carbonyl (C=O) groups excluding carboxylic acids is 1. The van der Waals surface area contributed by atoms with Gasteiger partial charge >= 0.3 is 0 Å². The zero-order chi connectivity index (χ0) is 18.4. The van der Waals surface area contributed by atoms with Crippen LogP contribution in [0, 0.1) is 0 Å². The van der Waals surface area contributed by atoms with E-state index in [1.165, 1.54) is 4.57 Å². The summed E-state index contributed by atoms with van der Waals surface area (Å²) in [5, 5.41) is 0.559. The molecule has 0 bridgehead atoms. The lowest BCUT2D eigenvalue weighted by Crippen LogP contribution is -2.33. The van der Waals surface area contributed by atoms with Gasteiger partial charge in [0.15, 0.2) is 0 Å². The van der Waals surface area contributed by atoms with Crippen LogP contribution >= 0.6 is 11.6 Å². The van der Waals surface area contributed by atoms with Crippen LogP contribution in [0.1, 0.15) is 30.3 Å². The molecule has 1 aromatic carbocycles. The molecule has 0 radical (unpaired) electrons. The Morgan fingerprint density at radius 1 is 1.27 bits per heavy atom. The minimum atomic E-state index is -0.268. The molecule has 1 saturated heterocycles. The van der Waals surface area contributed by atoms with E-state index in [9.17, 15) is 9.59 Å². The van der Waals surface area contributed by atoms with Gasteiger partial charge in [0.2, 0.25) is 5.65 Å². The number of likely N-dealkylation sites (tertiary alicyclic amines) is 1. The van der Waals surface area contributed by atoms with E-state index >= 15 is 0 Å². The zero-order valence-corrected chi connectivity index (χ0v) is 15.4. The van der Waals surface area contributed by atoms with Gasteiger partial charge in [0.1, 0.15) is 5.69 Å². The highest BCUT2D eigenvalue weighted by molar-refractivity contribution is 6.33. The smallest absolute Gasteiger partial charge is 0.294 e. The molecule has 0 N–H and O–H groups in total. The summed E-state index contributed by atoms with van der Waals surface area (Å²) in [4.78, 5) is 31.7. The van der Waals surface area contributed by atoms with Crippen LogP contribution in [0.5, 0.6) is 0 Å². The Morgan fingerprint density at radius 3 is 2.73 bits per heavy atom. The number of amides is 1. The summed E-state index contributed by atoms with van der Waals surface area (Å²) >= 11 is 6.29. The SMILES string of the molecule is C[C@@H]1CCCN1C(=O)c1cn2cc(-c3ccccc3Cl)n(C)c(=O)c2n1. The Bertz CT molecular complexity index is 1070. The first kappa shape index (κ1) is 16.8. The second-order valence-corrected chi connectivity index (χ2v) is 7.11. The van der Waals surface area contributed by atoms with E-state index in [0.29, 0.717) is 16.4 Å². The Labute approximate surface area is 155 Å². The number of hydrogen-bond acceptors (Lipinski definition) is 3. The number of aromatic nitrogens is 3. The zero-order valence-electron chi connectivity index (χ0n) is 14.6. The molecule has 2 aromatic heterocycles. The topological polar surface area (TPSA) is 59.6 Å². The minimum absolute atomic E-state index is 0.125. The van der Waals surface area contributed by atoms with E-state index in [4.69, 9.17) is 11.6 Å². The molecule has 1 aliphatic rings. The molecule has 1 atom stereocenters. The quantitative estimate of drug-likeness (QED) is 0.696. The number of halogens is 1. The Hall–Kier alpha value is -2.60. The first-order chi connectivity index (χ1) is 12.5. The predicted octanol–water partition coefficient (Wildman–Crippen LogP) is 2.98. The van der Waals surface area contributed by atoms with Gasteiger partial charge in [0, 0.05) is 42.6 Å². The van der Waals surface area contributed by atoms with Gasteiger partial charge in [0.25, 0.3) is 11.5 Å². The van der Waals surface area contributed by atoms with E-state index < -0.39 is 0 Å². The van der Waals surface area contributed by atoms with Crippen LogP contribution < -0.4 is 5.56 Å². The van der Waals surface area contributed by atoms with Gasteiger partial charge in [0.05, 0.1) is 5.69 Å². The molecule has 3 aromatic rings. The van der Waals surface area contributed by atoms with E-state index in [1.54, 1.807) is 29.9 Å². The number of fused-ring (bicyclic) bond motifs is 1. The summed E-state index contributed by atoms with van der Waals surface area (Å²) < 4.78 is 3.13. The maximum atomic E-state index is 12.8. The number of nitrogens with zero attached hydrogens (tertiary/aromatic N) is 4. The molecule has 3 heterocycles. The van der Waals surface area contributed by atoms with Crippen molar-refractivity contribution in [3.8, 4) is 11.3 Å². The van der Waals surface area contributed by atoms with Crippen molar-refractivity contribution in [2.75, 3.05) is 6.54 Å². The average molecular weight is 371 g/mol. The normalized spacial score (nSPS) is 17.2. The van der Waals surface area contributed by atoms with E-state index in [1.807, 2.05) is 30.0 Å². The fourth-order valence-corrected chi connectivity index (χ4v) is 3.76. The van der Waals surface area contributed by atoms with E-state index in [-0.39, 0.29) is 23.2 Å². The van der Waals surface area contributed by atoms with Crippen LogP contribution in [0.2, 0.25) is 5.02 Å². The molecule has 6 nitrogen and oxygen atoms in total. The van der Waals surface area contributed by atoms with Crippen molar-refractivity contribution in [2.45, 2.75) is 25.8 Å². The number of hydrogen-bond donors (Lipinski definition) is 0. The second-order valence-electron chi connectivity index (χ2n) is 6.71. The molecule has 0 saturated carbocycles. The monoisotopic (exact) mass is 370 g/mol. The first-order valence-electron chi connectivity index (χ1n) is 8.62. The number of imidazole rings is 1. The van der Waals surface area contributed by atoms with Gasteiger partial charge in [-0.15, -0.1) is 0 Å². The summed E-state index contributed by atoms with van der Waals surface area (Å²) in [7, 11) is 1.68. The van der Waals surface area contributed by atoms with Crippen LogP contribution in [-0.4, -0.2) is 37.3 Å². The van der Waals surface area contributed by atoms with Gasteiger partial charge in [-0.05, 0) is 25.8 Å². The van der Waals surface area contributed by atoms with Gasteiger partial charge in [-0.25, -0.2) is 4.98 Å². The number of rotatable bonds is 2. The van der Waals surface area contributed by atoms with E-state index in [2.05, 4.69) is 4.98 Å². The first-order valence-corrected chi connectivity index (χ1v) is 9.00. The van der Waals surface area contributed by atoms with Crippen molar-refractivity contribution in [3.05, 3.63) is 57.7 Å². The summed E-state index contributed by atoms with van der Waals surface area (Å²) in [6.07, 6.45) is 5.41. The molecule has 0 aliphatic carbocycles. The lowest BCUT2D eigenvalue weighted by molar-refractivity contribution is 0.0742. The third-order valence-electron chi connectivity index (χ3n) is 5.03. The molecule has 0 spiro atoms. The van der Waals surface area contributed by atoms with Crippen LogP contribution in [0.15, 0.2) is 41.5 Å². The summed E-state index contributed by atoms with van der Waals surface area (Å²) in [6.45, 7) is 2.77. The Morgan fingerprint density at radius 2 is 2.04 bits per heavy atom. The third-order valence-corrected chi connectivity index (χ3v) is 5.36. The molecule has 26 heavy (non-hydrogen) atoms. The molecule has 1 amide bonds. The van der Waals surface area contributed by atoms with Crippen LogP contribution in [0.25, 0.3) is 16.9 Å². The summed E-state index contributed by atoms with van der Waals surface area (Å²) in [5.41, 5.74) is 1.69. The fraction of sp³-hybridized carbons (Fsp3) is 0.316. The molecule has 134 valence electrons. The summed E-state index contributed by atoms with van der Waals surface area (Å²) in [6, 6.07) is 7.55. The maximum absolute atomic E-state index is 12.8. The van der Waals surface area contributed by atoms with Gasteiger partial charge in [-0.3, -0.25) is 14.0 Å². The number of carbonyl (C=O) groups is 1. The van der Waals surface area contributed by atoms with E-state index in [0.717, 1.165) is 24.9 Å². The van der Waals surface area contributed by atoms with Crippen LogP contribution in [0.3, 0.4) is 0 Å². The maximum Gasteiger partial charge on any atom is 0.294 e. The minimum Gasteiger partial charge on any atom is -0.335 e. The lowest BCUT2D eigenvalue weighted by Gasteiger charge is -2.19. The van der Waals surface area contributed by atoms with Crippen molar-refractivity contribution >= 4 is 23.2 Å². The van der Waals surface area contributed by atoms with Crippen LogP contribution in [0.4, 0.5) is 0 Å². The Kier molecular flexibility index (Phi) is 4.07. The molecule has 1 fully saturated rings. The second kappa shape index (κ2) is 6.29. The highest BCUT2D eigenvalue weighted by atomic mass is 35.5. The molecule has 4 rings (SSSR count). The van der Waals surface area contributed by atoms with Gasteiger partial charge < -0.3 is 9.47 Å². The predicted molar refractivity (Wildman–Crippen MR) is 101 cm³/mol. The molecular weight excluding hydrogens is 352 g/mol. The number of benzene rings is 1. The fourth-order valence-electron chi connectivity index (χ4n) is 3.53. The Balaban J connectivity index is 1.84. The largest absolute Gasteiger partial charge is 0.335 e. The van der Waals surface area contributed by atoms with Crippen molar-refractivity contribution in [3.63, 3.8) is 0 Å². The lowest BCUT2D eigenvalue weighted by atomic mass is 10.1. The van der Waals surface area contributed by atoms with Gasteiger partial charge in [-0.1, -0.05) is 29.8 Å². The van der Waals surface area contributed by atoms with Crippen molar-refractivity contribution in [2.24, 2.45) is 7.05 Å². The highest BCUT2D eigenvalue weighted by Crippen LogP contribution is 2.26. The van der Waals surface area contributed by atoms with Gasteiger partial charge in [-0.2, -0.15) is 0 Å². The third kappa shape index (κ3) is 2.61. The van der Waals surface area contributed by atoms with Crippen LogP contribution in [-0.2, 0) is 7.05 Å². The molecular formula is C19H19ClN4O2. The highest BCUT2D eigenvalue weighted by Gasteiger charge is 2.28. The van der Waals surface area contributed by atoms with Crippen molar-refractivity contribution in [1.82, 2.24) is 18.9 Å². The van der Waals surface area contributed by atoms with Crippen molar-refractivity contribution < 1.29 is 4.79 Å². The van der Waals surface area contributed by atoms with Crippen molar-refractivity contribution in [1.29, 1.82) is 0 Å². The summed E-state index contributed by atoms with van der Waals surface area (Å²) in [5.74, 6) is -0.125. The molecule has 0 unspecified atom stereocenters. The molecule has 7 heteroatoms.